The van der Waals surface area contributed by atoms with E-state index in [0.29, 0.717) is 4.75 Å². The topological polar surface area (TPSA) is 26.0 Å². The molecule has 20 heavy (non-hydrogen) atoms. The van der Waals surface area contributed by atoms with E-state index < -0.39 is 0 Å². The van der Waals surface area contributed by atoms with Gasteiger partial charge < -0.3 is 5.73 Å². The minimum absolute atomic E-state index is 0.296. The van der Waals surface area contributed by atoms with Crippen molar-refractivity contribution >= 4 is 17.3 Å². The van der Waals surface area contributed by atoms with Gasteiger partial charge in [0.05, 0.1) is 0 Å². The van der Waals surface area contributed by atoms with Crippen LogP contribution in [0.15, 0.2) is 36.0 Å². The number of benzene rings is 1. The summed E-state index contributed by atoms with van der Waals surface area (Å²) in [7, 11) is 0. The number of rotatable bonds is 1. The van der Waals surface area contributed by atoms with Crippen molar-refractivity contribution in [1.29, 1.82) is 0 Å². The van der Waals surface area contributed by atoms with Gasteiger partial charge in [-0.3, -0.25) is 0 Å². The van der Waals surface area contributed by atoms with Crippen molar-refractivity contribution in [3.05, 3.63) is 41.6 Å². The van der Waals surface area contributed by atoms with E-state index in [1.165, 1.54) is 61.8 Å². The maximum atomic E-state index is 6.55. The Bertz CT molecular complexity index is 471. The van der Waals surface area contributed by atoms with Crippen molar-refractivity contribution < 1.29 is 0 Å². The second-order valence-corrected chi connectivity index (χ2v) is 7.61. The average Bonchev–Trinajstić information content (AvgIpc) is 2.48. The van der Waals surface area contributed by atoms with Gasteiger partial charge in [0.1, 0.15) is 0 Å². The highest BCUT2D eigenvalue weighted by molar-refractivity contribution is 8.01. The van der Waals surface area contributed by atoms with Crippen LogP contribution in [0.25, 0.3) is 5.57 Å². The van der Waals surface area contributed by atoms with Crippen LogP contribution in [-0.4, -0.2) is 10.5 Å². The molecule has 1 fully saturated rings. The summed E-state index contributed by atoms with van der Waals surface area (Å²) < 4.78 is 0.296. The van der Waals surface area contributed by atoms with Crippen molar-refractivity contribution in [1.82, 2.24) is 0 Å². The third-order valence-electron chi connectivity index (χ3n) is 4.72. The maximum absolute atomic E-state index is 6.55. The Labute approximate surface area is 127 Å². The second-order valence-electron chi connectivity index (χ2n) is 6.13. The first kappa shape index (κ1) is 14.1. The number of allylic oxidation sites excluding steroid dienone is 1. The Balaban J connectivity index is 2.07. The molecule has 2 N–H and O–H groups in total. The van der Waals surface area contributed by atoms with Gasteiger partial charge in [0.2, 0.25) is 0 Å². The first-order chi connectivity index (χ1) is 9.82. The molecule has 0 saturated heterocycles. The molecule has 108 valence electrons. The number of hydrogen-bond acceptors (Lipinski definition) is 2. The third kappa shape index (κ3) is 2.76. The fraction of sp³-hybridized carbons (Fsp3) is 0.556. The summed E-state index contributed by atoms with van der Waals surface area (Å²) in [6.45, 7) is 0. The van der Waals surface area contributed by atoms with E-state index in [9.17, 15) is 0 Å². The molecular formula is C18H25NS. The van der Waals surface area contributed by atoms with Gasteiger partial charge >= 0.3 is 0 Å². The van der Waals surface area contributed by atoms with Crippen LogP contribution in [0.4, 0.5) is 0 Å². The monoisotopic (exact) mass is 287 g/mol. The van der Waals surface area contributed by atoms with Gasteiger partial charge in [-0.25, -0.2) is 0 Å². The van der Waals surface area contributed by atoms with E-state index in [1.807, 2.05) is 0 Å². The molecule has 0 aromatic heterocycles. The van der Waals surface area contributed by atoms with Crippen LogP contribution < -0.4 is 5.73 Å². The lowest BCUT2D eigenvalue weighted by atomic mass is 9.78. The molecule has 1 aromatic carbocycles. The molecule has 1 aliphatic heterocycles. The summed E-state index contributed by atoms with van der Waals surface area (Å²) in [4.78, 5) is 0. The maximum Gasteiger partial charge on any atom is 0.0431 e. The Hall–Kier alpha value is -0.890. The predicted molar refractivity (Wildman–Crippen MR) is 89.7 cm³/mol. The highest BCUT2D eigenvalue weighted by Crippen LogP contribution is 2.51. The summed E-state index contributed by atoms with van der Waals surface area (Å²) >= 11 is 2.19. The Morgan fingerprint density at radius 1 is 0.900 bits per heavy atom. The van der Waals surface area contributed by atoms with Crippen LogP contribution in [0.3, 0.4) is 0 Å². The first-order valence-electron chi connectivity index (χ1n) is 8.00. The van der Waals surface area contributed by atoms with Gasteiger partial charge in [0.25, 0.3) is 0 Å². The molecule has 2 heteroatoms. The third-order valence-corrected chi connectivity index (χ3v) is 6.38. The smallest absolute Gasteiger partial charge is 0.0431 e. The summed E-state index contributed by atoms with van der Waals surface area (Å²) in [5, 5.41) is 0. The van der Waals surface area contributed by atoms with Crippen molar-refractivity contribution in [3.63, 3.8) is 0 Å². The molecule has 0 atom stereocenters. The summed E-state index contributed by atoms with van der Waals surface area (Å²) in [6.07, 6.45) is 10.4. The molecular weight excluding hydrogens is 262 g/mol. The highest BCUT2D eigenvalue weighted by atomic mass is 32.2. The lowest BCUT2D eigenvalue weighted by Gasteiger charge is -2.41. The summed E-state index contributed by atoms with van der Waals surface area (Å²) in [5.74, 6) is 1.30. The first-order valence-corrected chi connectivity index (χ1v) is 8.99. The van der Waals surface area contributed by atoms with Crippen LogP contribution in [0.1, 0.15) is 56.9 Å². The molecule has 2 aliphatic rings. The minimum atomic E-state index is 0.296. The Morgan fingerprint density at radius 2 is 1.65 bits per heavy atom. The van der Waals surface area contributed by atoms with Crippen LogP contribution >= 0.6 is 11.8 Å². The van der Waals surface area contributed by atoms with Crippen molar-refractivity contribution in [2.45, 2.75) is 56.1 Å². The number of hydrogen-bond donors (Lipinski definition) is 1. The van der Waals surface area contributed by atoms with Crippen molar-refractivity contribution in [2.24, 2.45) is 5.73 Å². The molecule has 1 aliphatic carbocycles. The average molecular weight is 287 g/mol. The van der Waals surface area contributed by atoms with E-state index in [0.717, 1.165) is 12.1 Å². The van der Waals surface area contributed by atoms with Crippen LogP contribution in [0.2, 0.25) is 0 Å². The van der Waals surface area contributed by atoms with E-state index >= 15 is 0 Å². The second kappa shape index (κ2) is 6.26. The van der Waals surface area contributed by atoms with Crippen molar-refractivity contribution in [2.75, 3.05) is 5.75 Å². The lowest BCUT2D eigenvalue weighted by Crippen LogP contribution is -2.33. The molecule has 0 amide bonds. The van der Waals surface area contributed by atoms with Crippen LogP contribution in [-0.2, 0) is 0 Å². The fourth-order valence-electron chi connectivity index (χ4n) is 3.75. The molecule has 3 rings (SSSR count). The molecule has 1 spiro atoms. The van der Waals surface area contributed by atoms with Crippen LogP contribution in [0.5, 0.6) is 0 Å². The molecule has 0 radical (unpaired) electrons. The Kier molecular flexibility index (Phi) is 4.40. The fourth-order valence-corrected chi connectivity index (χ4v) is 5.46. The van der Waals surface area contributed by atoms with E-state index in [-0.39, 0.29) is 0 Å². The van der Waals surface area contributed by atoms with E-state index in [1.54, 1.807) is 0 Å². The van der Waals surface area contributed by atoms with Crippen LogP contribution in [0, 0.1) is 0 Å². The molecule has 1 nitrogen and oxygen atoms in total. The molecule has 1 heterocycles. The predicted octanol–water partition coefficient (Wildman–Crippen LogP) is 4.98. The summed E-state index contributed by atoms with van der Waals surface area (Å²) in [6, 6.07) is 10.9. The molecule has 1 saturated carbocycles. The normalized spacial score (nSPS) is 27.0. The van der Waals surface area contributed by atoms with Gasteiger partial charge in [-0.15, -0.1) is 0 Å². The van der Waals surface area contributed by atoms with Gasteiger partial charge in [0.15, 0.2) is 0 Å². The lowest BCUT2D eigenvalue weighted by molar-refractivity contribution is 0.458. The number of nitrogens with two attached hydrogens (primary N) is 1. The molecule has 0 bridgehead atoms. The van der Waals surface area contributed by atoms with Gasteiger partial charge in [-0.05, 0) is 49.0 Å². The quantitative estimate of drug-likeness (QED) is 0.788. The van der Waals surface area contributed by atoms with Crippen molar-refractivity contribution in [3.8, 4) is 0 Å². The minimum Gasteiger partial charge on any atom is -0.402 e. The van der Waals surface area contributed by atoms with Gasteiger partial charge in [-0.2, -0.15) is 11.8 Å². The standard InChI is InChI=1S/C18H25NS/c19-16-11-5-8-14-20-18(12-6-2-7-13-18)17(16)15-9-3-1-4-10-15/h1,3-4,9-10H,2,5-8,11-14,19H2/b17-16-. The largest absolute Gasteiger partial charge is 0.402 e. The van der Waals surface area contributed by atoms with E-state index in [2.05, 4.69) is 42.1 Å². The molecule has 1 aromatic rings. The molecule has 0 unspecified atom stereocenters. The SMILES string of the molecule is N/C1=C(/c2ccccc2)C2(CCCCC2)SCCCC1. The summed E-state index contributed by atoms with van der Waals surface area (Å²) in [5.41, 5.74) is 10.5. The zero-order valence-electron chi connectivity index (χ0n) is 12.2. The zero-order valence-corrected chi connectivity index (χ0v) is 13.1. The zero-order chi connectivity index (χ0) is 13.8. The van der Waals surface area contributed by atoms with E-state index in [4.69, 9.17) is 5.73 Å². The number of thioether (sulfide) groups is 1. The van der Waals surface area contributed by atoms with Gasteiger partial charge in [0, 0.05) is 10.4 Å². The Morgan fingerprint density at radius 3 is 2.40 bits per heavy atom. The highest BCUT2D eigenvalue weighted by Gasteiger charge is 2.38. The van der Waals surface area contributed by atoms with Gasteiger partial charge in [-0.1, -0.05) is 49.6 Å².